The number of hydrogen-bond acceptors (Lipinski definition) is 4. The second-order valence-corrected chi connectivity index (χ2v) is 5.33. The van der Waals surface area contributed by atoms with E-state index >= 15 is 0 Å². The normalized spacial score (nSPS) is 19.1. The van der Waals surface area contributed by atoms with Gasteiger partial charge in [0.15, 0.2) is 0 Å². The molecule has 2 aromatic heterocycles. The maximum atomic E-state index is 5.96. The summed E-state index contributed by atoms with van der Waals surface area (Å²) in [7, 11) is 0. The molecule has 3 heterocycles. The number of hydrogen-bond donors (Lipinski definition) is 1. The quantitative estimate of drug-likeness (QED) is 0.840. The van der Waals surface area contributed by atoms with E-state index in [1.165, 1.54) is 10.4 Å². The van der Waals surface area contributed by atoms with E-state index in [9.17, 15) is 0 Å². The molecule has 0 aromatic carbocycles. The van der Waals surface area contributed by atoms with Crippen LogP contribution in [0.5, 0.6) is 0 Å². The first-order valence-electron chi connectivity index (χ1n) is 5.81. The van der Waals surface area contributed by atoms with Gasteiger partial charge in [-0.3, -0.25) is 0 Å². The van der Waals surface area contributed by atoms with Crippen molar-refractivity contribution in [1.29, 1.82) is 0 Å². The molecule has 1 aliphatic heterocycles. The lowest BCUT2D eigenvalue weighted by molar-refractivity contribution is 0.633. The molecule has 3 rings (SSSR count). The molecule has 0 bridgehead atoms. The smallest absolute Gasteiger partial charge is 0.146 e. The van der Waals surface area contributed by atoms with Gasteiger partial charge in [-0.25, -0.2) is 4.98 Å². The van der Waals surface area contributed by atoms with Crippen LogP contribution in [0, 0.1) is 0 Å². The molecule has 0 amide bonds. The van der Waals surface area contributed by atoms with Crippen molar-refractivity contribution < 1.29 is 0 Å². The first kappa shape index (κ1) is 10.6. The van der Waals surface area contributed by atoms with E-state index in [2.05, 4.69) is 34.3 Å². The van der Waals surface area contributed by atoms with Crippen LogP contribution < -0.4 is 10.6 Å². The van der Waals surface area contributed by atoms with Crippen LogP contribution >= 0.6 is 11.3 Å². The van der Waals surface area contributed by atoms with E-state index in [1.54, 1.807) is 6.20 Å². The zero-order valence-corrected chi connectivity index (χ0v) is 10.6. The van der Waals surface area contributed by atoms with Gasteiger partial charge in [-0.15, -0.1) is 11.3 Å². The number of pyridine rings is 1. The molecule has 1 unspecified atom stereocenters. The summed E-state index contributed by atoms with van der Waals surface area (Å²) in [6.45, 7) is 3.25. The molecule has 0 fully saturated rings. The van der Waals surface area contributed by atoms with Gasteiger partial charge in [0, 0.05) is 17.6 Å². The Hall–Kier alpha value is -1.55. The largest absolute Gasteiger partial charge is 0.382 e. The molecule has 0 saturated carbocycles. The number of rotatable bonds is 1. The molecule has 0 radical (unpaired) electrons. The molecule has 0 saturated heterocycles. The van der Waals surface area contributed by atoms with Gasteiger partial charge in [0.05, 0.1) is 11.7 Å². The lowest BCUT2D eigenvalue weighted by Gasteiger charge is -2.35. The van der Waals surface area contributed by atoms with Crippen LogP contribution in [0.25, 0.3) is 0 Å². The average molecular weight is 245 g/mol. The predicted octanol–water partition coefficient (Wildman–Crippen LogP) is 2.85. The van der Waals surface area contributed by atoms with Gasteiger partial charge in [-0.05, 0) is 42.5 Å². The highest BCUT2D eigenvalue weighted by Crippen LogP contribution is 2.37. The minimum Gasteiger partial charge on any atom is -0.382 e. The second-order valence-electron chi connectivity index (χ2n) is 4.33. The van der Waals surface area contributed by atoms with E-state index in [-0.39, 0.29) is 0 Å². The first-order valence-corrected chi connectivity index (χ1v) is 6.68. The van der Waals surface area contributed by atoms with Crippen molar-refractivity contribution in [2.24, 2.45) is 0 Å². The Morgan fingerprint density at radius 2 is 2.35 bits per heavy atom. The number of anilines is 2. The number of nitrogens with two attached hydrogens (primary N) is 1. The highest BCUT2D eigenvalue weighted by molar-refractivity contribution is 7.10. The molecule has 3 nitrogen and oxygen atoms in total. The van der Waals surface area contributed by atoms with Gasteiger partial charge in [0.1, 0.15) is 5.82 Å². The van der Waals surface area contributed by atoms with Crippen LogP contribution in [0.3, 0.4) is 0 Å². The lowest BCUT2D eigenvalue weighted by Crippen LogP contribution is -2.33. The predicted molar refractivity (Wildman–Crippen MR) is 72.4 cm³/mol. The van der Waals surface area contributed by atoms with Gasteiger partial charge in [-0.1, -0.05) is 0 Å². The number of fused-ring (bicyclic) bond motifs is 1. The Morgan fingerprint density at radius 1 is 1.47 bits per heavy atom. The Balaban J connectivity index is 2.00. The maximum absolute atomic E-state index is 5.96. The summed E-state index contributed by atoms with van der Waals surface area (Å²) in [5.41, 5.74) is 8.45. The molecular formula is C13H15N3S. The van der Waals surface area contributed by atoms with Crippen LogP contribution in [0.4, 0.5) is 11.5 Å². The van der Waals surface area contributed by atoms with E-state index in [4.69, 9.17) is 5.73 Å². The van der Waals surface area contributed by atoms with Gasteiger partial charge >= 0.3 is 0 Å². The molecule has 0 aliphatic carbocycles. The summed E-state index contributed by atoms with van der Waals surface area (Å²) < 4.78 is 0. The van der Waals surface area contributed by atoms with Crippen molar-refractivity contribution in [2.45, 2.75) is 19.4 Å². The standard InChI is InChI=1S/C13H15N3S/c1-9-10-5-8-17-12(10)4-7-16(9)11-3-2-6-15-13(11)14/h2-3,5-6,8-9H,4,7H2,1H3,(H2,14,15). The monoisotopic (exact) mass is 245 g/mol. The molecular weight excluding hydrogens is 230 g/mol. The molecule has 2 N–H and O–H groups in total. The fraction of sp³-hybridized carbons (Fsp3) is 0.308. The molecule has 88 valence electrons. The van der Waals surface area contributed by atoms with Gasteiger partial charge < -0.3 is 10.6 Å². The summed E-state index contributed by atoms with van der Waals surface area (Å²) in [5.74, 6) is 0.623. The highest BCUT2D eigenvalue weighted by atomic mass is 32.1. The van der Waals surface area contributed by atoms with Crippen LogP contribution in [-0.4, -0.2) is 11.5 Å². The summed E-state index contributed by atoms with van der Waals surface area (Å²) in [4.78, 5) is 8.03. The van der Waals surface area contributed by atoms with Crippen molar-refractivity contribution in [3.63, 3.8) is 0 Å². The van der Waals surface area contributed by atoms with Crippen LogP contribution in [0.1, 0.15) is 23.4 Å². The van der Waals surface area contributed by atoms with Crippen molar-refractivity contribution in [2.75, 3.05) is 17.2 Å². The highest BCUT2D eigenvalue weighted by Gasteiger charge is 2.25. The number of aromatic nitrogens is 1. The molecule has 1 aliphatic rings. The Labute approximate surface area is 105 Å². The molecule has 2 aromatic rings. The second kappa shape index (κ2) is 4.04. The van der Waals surface area contributed by atoms with Crippen LogP contribution in [-0.2, 0) is 6.42 Å². The van der Waals surface area contributed by atoms with E-state index in [0.717, 1.165) is 18.7 Å². The minimum absolute atomic E-state index is 0.386. The van der Waals surface area contributed by atoms with Crippen molar-refractivity contribution in [1.82, 2.24) is 4.98 Å². The summed E-state index contributed by atoms with van der Waals surface area (Å²) in [6.07, 6.45) is 2.84. The van der Waals surface area contributed by atoms with E-state index in [0.29, 0.717) is 11.9 Å². The SMILES string of the molecule is CC1c2ccsc2CCN1c1cccnc1N. The van der Waals surface area contributed by atoms with Crippen molar-refractivity contribution >= 4 is 22.8 Å². The van der Waals surface area contributed by atoms with E-state index in [1.807, 2.05) is 17.4 Å². The topological polar surface area (TPSA) is 42.2 Å². The zero-order chi connectivity index (χ0) is 11.8. The minimum atomic E-state index is 0.386. The summed E-state index contributed by atoms with van der Waals surface area (Å²) in [6, 6.07) is 6.61. The molecule has 17 heavy (non-hydrogen) atoms. The fourth-order valence-electron chi connectivity index (χ4n) is 2.49. The molecule has 4 heteroatoms. The van der Waals surface area contributed by atoms with Gasteiger partial charge in [-0.2, -0.15) is 0 Å². The average Bonchev–Trinajstić information content (AvgIpc) is 2.80. The zero-order valence-electron chi connectivity index (χ0n) is 9.76. The van der Waals surface area contributed by atoms with E-state index < -0.39 is 0 Å². The number of thiophene rings is 1. The van der Waals surface area contributed by atoms with Crippen LogP contribution in [0.2, 0.25) is 0 Å². The first-order chi connectivity index (χ1) is 8.27. The number of nitrogens with zero attached hydrogens (tertiary/aromatic N) is 2. The van der Waals surface area contributed by atoms with Gasteiger partial charge in [0.25, 0.3) is 0 Å². The third-order valence-electron chi connectivity index (χ3n) is 3.40. The van der Waals surface area contributed by atoms with Crippen molar-refractivity contribution in [3.05, 3.63) is 40.2 Å². The Bertz CT molecular complexity index is 535. The Kier molecular flexibility index (Phi) is 2.52. The maximum Gasteiger partial charge on any atom is 0.146 e. The molecule has 0 spiro atoms. The van der Waals surface area contributed by atoms with Gasteiger partial charge in [0.2, 0.25) is 0 Å². The third kappa shape index (κ3) is 1.69. The van der Waals surface area contributed by atoms with Crippen LogP contribution in [0.15, 0.2) is 29.8 Å². The number of nitrogen functional groups attached to an aromatic ring is 1. The Morgan fingerprint density at radius 3 is 3.18 bits per heavy atom. The van der Waals surface area contributed by atoms with Crippen molar-refractivity contribution in [3.8, 4) is 0 Å². The lowest BCUT2D eigenvalue weighted by atomic mass is 10.0. The molecule has 1 atom stereocenters. The summed E-state index contributed by atoms with van der Waals surface area (Å²) >= 11 is 1.86. The summed E-state index contributed by atoms with van der Waals surface area (Å²) in [5, 5.41) is 2.18. The third-order valence-corrected chi connectivity index (χ3v) is 4.40. The fourth-order valence-corrected chi connectivity index (χ4v) is 3.45.